The van der Waals surface area contributed by atoms with Crippen LogP contribution in [-0.4, -0.2) is 54.9 Å². The highest BCUT2D eigenvalue weighted by atomic mass is 16.5. The third-order valence-electron chi connectivity index (χ3n) is 8.01. The van der Waals surface area contributed by atoms with Crippen LogP contribution in [0.5, 0.6) is 0 Å². The van der Waals surface area contributed by atoms with Gasteiger partial charge in [-0.15, -0.1) is 0 Å². The van der Waals surface area contributed by atoms with Crippen LogP contribution in [-0.2, 0) is 18.9 Å². The quantitative estimate of drug-likeness (QED) is 0.558. The molecule has 4 aliphatic rings. The molecule has 0 saturated heterocycles. The highest BCUT2D eigenvalue weighted by Gasteiger charge is 2.53. The third kappa shape index (κ3) is 7.48. The van der Waals surface area contributed by atoms with Crippen molar-refractivity contribution < 1.29 is 18.9 Å². The van der Waals surface area contributed by atoms with E-state index in [2.05, 4.69) is 4.74 Å². The van der Waals surface area contributed by atoms with Gasteiger partial charge in [-0.1, -0.05) is 6.42 Å². The number of hydrogen-bond donors (Lipinski definition) is 0. The maximum Gasteiger partial charge on any atom is 0.0493 e. The van der Waals surface area contributed by atoms with Crippen molar-refractivity contribution in [1.82, 2.24) is 0 Å². The fourth-order valence-electron chi connectivity index (χ4n) is 6.65. The summed E-state index contributed by atoms with van der Waals surface area (Å²) >= 11 is 0. The predicted octanol–water partition coefficient (Wildman–Crippen LogP) is 5.44. The van der Waals surface area contributed by atoms with Gasteiger partial charge in [0.2, 0.25) is 0 Å². The van der Waals surface area contributed by atoms with E-state index in [9.17, 15) is 0 Å². The van der Waals surface area contributed by atoms with Crippen molar-refractivity contribution in [3.8, 4) is 0 Å². The van der Waals surface area contributed by atoms with E-state index in [0.29, 0.717) is 0 Å². The third-order valence-corrected chi connectivity index (χ3v) is 8.01. The van der Waals surface area contributed by atoms with Crippen LogP contribution in [0.3, 0.4) is 0 Å². The van der Waals surface area contributed by atoms with Crippen LogP contribution in [0.4, 0.5) is 0 Å². The van der Waals surface area contributed by atoms with Crippen LogP contribution in [0.15, 0.2) is 0 Å². The fraction of sp³-hybridized carbons (Fsp3) is 1.00. The zero-order chi connectivity index (χ0) is 21.1. The SMILES string of the molecule is CCOC.COCC1CC2CC1C1CCCC21.COCC1CCC(COC)CC1. The normalized spacial score (nSPS) is 37.3. The van der Waals surface area contributed by atoms with Gasteiger partial charge in [-0.2, -0.15) is 0 Å². The Balaban J connectivity index is 0.000000176. The number of hydrogen-bond acceptors (Lipinski definition) is 4. The molecular formula is C25H48O4. The number of methoxy groups -OCH3 is 4. The number of fused-ring (bicyclic) bond motifs is 5. The van der Waals surface area contributed by atoms with E-state index in [-0.39, 0.29) is 0 Å². The van der Waals surface area contributed by atoms with Crippen molar-refractivity contribution in [2.24, 2.45) is 41.4 Å². The number of rotatable bonds is 7. The highest BCUT2D eigenvalue weighted by molar-refractivity contribution is 5.02. The summed E-state index contributed by atoms with van der Waals surface area (Å²) in [5.74, 6) is 6.94. The molecule has 0 aromatic heterocycles. The molecule has 4 aliphatic carbocycles. The summed E-state index contributed by atoms with van der Waals surface area (Å²) in [5.41, 5.74) is 0. The van der Waals surface area contributed by atoms with Crippen molar-refractivity contribution in [2.45, 2.75) is 64.7 Å². The Morgan fingerprint density at radius 2 is 1.10 bits per heavy atom. The highest BCUT2D eigenvalue weighted by Crippen LogP contribution is 2.60. The van der Waals surface area contributed by atoms with Crippen molar-refractivity contribution in [1.29, 1.82) is 0 Å². The average molecular weight is 413 g/mol. The van der Waals surface area contributed by atoms with Gasteiger partial charge in [-0.05, 0) is 99.7 Å². The summed E-state index contributed by atoms with van der Waals surface area (Å²) in [6.45, 7) is 5.70. The van der Waals surface area contributed by atoms with Crippen LogP contribution in [0, 0.1) is 41.4 Å². The predicted molar refractivity (Wildman–Crippen MR) is 119 cm³/mol. The van der Waals surface area contributed by atoms with Crippen LogP contribution in [0.1, 0.15) is 64.7 Å². The van der Waals surface area contributed by atoms with Crippen molar-refractivity contribution in [2.75, 3.05) is 54.9 Å². The lowest BCUT2D eigenvalue weighted by Gasteiger charge is -2.31. The van der Waals surface area contributed by atoms with Gasteiger partial charge in [-0.25, -0.2) is 0 Å². The molecular weight excluding hydrogens is 364 g/mol. The van der Waals surface area contributed by atoms with Gasteiger partial charge in [0.15, 0.2) is 0 Å². The maximum atomic E-state index is 5.33. The molecule has 4 heteroatoms. The minimum atomic E-state index is 0.808. The monoisotopic (exact) mass is 412 g/mol. The molecule has 0 spiro atoms. The molecule has 2 bridgehead atoms. The first-order chi connectivity index (χ1) is 14.2. The van der Waals surface area contributed by atoms with Crippen LogP contribution in [0.2, 0.25) is 0 Å². The van der Waals surface area contributed by atoms with Crippen LogP contribution in [0.25, 0.3) is 0 Å². The van der Waals surface area contributed by atoms with E-state index in [1.807, 2.05) is 14.0 Å². The Kier molecular flexibility index (Phi) is 12.1. The van der Waals surface area contributed by atoms with E-state index in [4.69, 9.17) is 14.2 Å². The summed E-state index contributed by atoms with van der Waals surface area (Å²) in [6, 6.07) is 0. The van der Waals surface area contributed by atoms with Gasteiger partial charge in [-0.3, -0.25) is 0 Å². The van der Waals surface area contributed by atoms with Crippen molar-refractivity contribution in [3.05, 3.63) is 0 Å². The molecule has 0 aromatic carbocycles. The Bertz CT molecular complexity index is 392. The molecule has 4 nitrogen and oxygen atoms in total. The standard InChI is InChI=1S/C12H20O.C10H20O2.C3H8O/c1-13-7-9-5-8-6-12(9)11-4-2-3-10(8)11;1-11-7-9-3-5-10(6-4-9)8-12-2;1-3-4-2/h8-12H,2-7H2,1H3;9-10H,3-8H2,1-2H3;3H2,1-2H3. The molecule has 0 aliphatic heterocycles. The molecule has 5 unspecified atom stereocenters. The summed E-state index contributed by atoms with van der Waals surface area (Å²) in [6.07, 6.45) is 12.9. The first kappa shape index (κ1) is 25.1. The van der Waals surface area contributed by atoms with Gasteiger partial charge >= 0.3 is 0 Å². The second-order valence-electron chi connectivity index (χ2n) is 9.74. The first-order valence-electron chi connectivity index (χ1n) is 12.1. The molecule has 29 heavy (non-hydrogen) atoms. The molecule has 0 amide bonds. The van der Waals surface area contributed by atoms with Gasteiger partial charge in [0, 0.05) is 54.9 Å². The van der Waals surface area contributed by atoms with Gasteiger partial charge in [0.1, 0.15) is 0 Å². The Morgan fingerprint density at radius 3 is 1.59 bits per heavy atom. The largest absolute Gasteiger partial charge is 0.385 e. The molecule has 4 fully saturated rings. The minimum absolute atomic E-state index is 0.808. The van der Waals surface area contributed by atoms with E-state index >= 15 is 0 Å². The summed E-state index contributed by atoms with van der Waals surface area (Å²) in [5, 5.41) is 0. The first-order valence-corrected chi connectivity index (χ1v) is 12.1. The summed E-state index contributed by atoms with van der Waals surface area (Å²) < 4.78 is 20.2. The zero-order valence-electron chi connectivity index (χ0n) is 19.9. The molecule has 5 atom stereocenters. The number of ether oxygens (including phenoxy) is 4. The zero-order valence-corrected chi connectivity index (χ0v) is 19.9. The summed E-state index contributed by atoms with van der Waals surface area (Å²) in [7, 11) is 7.13. The van der Waals surface area contributed by atoms with Crippen LogP contribution < -0.4 is 0 Å². The smallest absolute Gasteiger partial charge is 0.0493 e. The molecule has 0 heterocycles. The minimum Gasteiger partial charge on any atom is -0.385 e. The molecule has 172 valence electrons. The Labute approximate surface area is 180 Å². The Hall–Kier alpha value is -0.160. The van der Waals surface area contributed by atoms with Crippen LogP contribution >= 0.6 is 0 Å². The van der Waals surface area contributed by atoms with E-state index in [1.165, 1.54) is 44.9 Å². The van der Waals surface area contributed by atoms with Gasteiger partial charge in [0.05, 0.1) is 0 Å². The molecule has 4 rings (SSSR count). The van der Waals surface area contributed by atoms with Crippen molar-refractivity contribution in [3.63, 3.8) is 0 Å². The maximum absolute atomic E-state index is 5.33. The van der Waals surface area contributed by atoms with E-state index in [0.717, 1.165) is 67.9 Å². The molecule has 4 saturated carbocycles. The molecule has 0 aromatic rings. The lowest BCUT2D eigenvalue weighted by Crippen LogP contribution is -2.26. The lowest BCUT2D eigenvalue weighted by atomic mass is 9.76. The van der Waals surface area contributed by atoms with E-state index < -0.39 is 0 Å². The summed E-state index contributed by atoms with van der Waals surface area (Å²) in [4.78, 5) is 0. The van der Waals surface area contributed by atoms with Gasteiger partial charge in [0.25, 0.3) is 0 Å². The lowest BCUT2D eigenvalue weighted by molar-refractivity contribution is 0.0862. The topological polar surface area (TPSA) is 36.9 Å². The van der Waals surface area contributed by atoms with Gasteiger partial charge < -0.3 is 18.9 Å². The fourth-order valence-corrected chi connectivity index (χ4v) is 6.65. The van der Waals surface area contributed by atoms with Crippen molar-refractivity contribution >= 4 is 0 Å². The van der Waals surface area contributed by atoms with E-state index in [1.54, 1.807) is 34.2 Å². The average Bonchev–Trinajstić information content (AvgIpc) is 3.45. The Morgan fingerprint density at radius 1 is 0.586 bits per heavy atom. The molecule has 0 radical (unpaired) electrons. The second-order valence-corrected chi connectivity index (χ2v) is 9.74. The molecule has 0 N–H and O–H groups in total. The second kappa shape index (κ2) is 14.0.